The van der Waals surface area contributed by atoms with Gasteiger partial charge in [0.05, 0.1) is 14.2 Å². The molecule has 11 heteroatoms. The van der Waals surface area contributed by atoms with Gasteiger partial charge in [-0.25, -0.2) is 20.1 Å². The van der Waals surface area contributed by atoms with Crippen LogP contribution in [0.2, 0.25) is 0 Å². The third-order valence-electron chi connectivity index (χ3n) is 4.14. The first-order chi connectivity index (χ1) is 15.2. The molecule has 3 rings (SSSR count). The molecule has 0 amide bonds. The number of hydroxylamine groups is 1. The zero-order chi connectivity index (χ0) is 23.3. The molecule has 0 aromatic heterocycles. The molecule has 1 N–H and O–H groups in total. The lowest BCUT2D eigenvalue weighted by Crippen LogP contribution is -2.39. The number of hydrogen-bond acceptors (Lipinski definition) is 8. The van der Waals surface area contributed by atoms with E-state index in [9.17, 15) is 13.6 Å². The second-order valence-electron chi connectivity index (χ2n) is 6.46. The predicted octanol–water partition coefficient (Wildman–Crippen LogP) is 4.08. The van der Waals surface area contributed by atoms with Crippen molar-refractivity contribution in [3.63, 3.8) is 0 Å². The number of methoxy groups -OCH3 is 2. The van der Waals surface area contributed by atoms with Crippen molar-refractivity contribution in [3.8, 4) is 11.5 Å². The van der Waals surface area contributed by atoms with Crippen molar-refractivity contribution in [2.75, 3.05) is 14.2 Å². The summed E-state index contributed by atoms with van der Waals surface area (Å²) >= 11 is 3.20. The highest BCUT2D eigenvalue weighted by atomic mass is 79.9. The Bertz CT molecular complexity index is 1060. The maximum absolute atomic E-state index is 14.6. The number of nitrogens with one attached hydrogen (secondary N) is 1. The van der Waals surface area contributed by atoms with Crippen molar-refractivity contribution in [2.24, 2.45) is 4.99 Å². The van der Waals surface area contributed by atoms with Crippen LogP contribution in [0.15, 0.2) is 64.0 Å². The lowest BCUT2D eigenvalue weighted by molar-refractivity contribution is -0.252. The highest BCUT2D eigenvalue weighted by Crippen LogP contribution is 2.31. The average molecular weight is 513 g/mol. The van der Waals surface area contributed by atoms with Crippen LogP contribution in [0.4, 0.5) is 8.78 Å². The van der Waals surface area contributed by atoms with Crippen molar-refractivity contribution in [1.29, 1.82) is 0 Å². The third-order valence-corrected chi connectivity index (χ3v) is 4.64. The highest BCUT2D eigenvalue weighted by Gasteiger charge is 2.47. The molecule has 1 aliphatic rings. The minimum atomic E-state index is -3.75. The monoisotopic (exact) mass is 512 g/mol. The Morgan fingerprint density at radius 1 is 1.25 bits per heavy atom. The molecule has 0 fully saturated rings. The quantitative estimate of drug-likeness (QED) is 0.324. The van der Waals surface area contributed by atoms with E-state index in [-0.39, 0.29) is 23.1 Å². The molecule has 8 nitrogen and oxygen atoms in total. The number of aliphatic imine (C=N–C) groups is 1. The Morgan fingerprint density at radius 3 is 2.72 bits per heavy atom. The number of alkyl halides is 2. The number of amidine groups is 1. The van der Waals surface area contributed by atoms with Gasteiger partial charge in [0.25, 0.3) is 6.23 Å². The van der Waals surface area contributed by atoms with Gasteiger partial charge < -0.3 is 18.9 Å². The van der Waals surface area contributed by atoms with E-state index in [0.29, 0.717) is 15.6 Å². The van der Waals surface area contributed by atoms with E-state index < -0.39 is 18.3 Å². The van der Waals surface area contributed by atoms with Gasteiger partial charge in [-0.2, -0.15) is 8.78 Å². The van der Waals surface area contributed by atoms with Gasteiger partial charge in [-0.1, -0.05) is 34.1 Å². The largest absolute Gasteiger partial charge is 0.500 e. The maximum atomic E-state index is 14.6. The van der Waals surface area contributed by atoms with E-state index in [1.54, 1.807) is 31.2 Å². The first-order valence-electron chi connectivity index (χ1n) is 9.15. The Hall–Kier alpha value is -3.18. The van der Waals surface area contributed by atoms with Crippen LogP contribution < -0.4 is 15.0 Å². The summed E-state index contributed by atoms with van der Waals surface area (Å²) in [5.41, 5.74) is 3.43. The molecule has 0 bridgehead atoms. The minimum absolute atomic E-state index is 0.0349. The van der Waals surface area contributed by atoms with Gasteiger partial charge in [0.2, 0.25) is 5.76 Å². The Morgan fingerprint density at radius 2 is 2.03 bits per heavy atom. The molecule has 0 saturated carbocycles. The van der Waals surface area contributed by atoms with Crippen molar-refractivity contribution in [1.82, 2.24) is 5.48 Å². The van der Waals surface area contributed by atoms with Gasteiger partial charge in [0, 0.05) is 10.0 Å². The number of rotatable bonds is 8. The predicted molar refractivity (Wildman–Crippen MR) is 113 cm³/mol. The SMILES string of the molecule is CO/C=C(\Oc1cc(C2=NC(C(F)(F)Oc3cccc(Br)c3)ON2)ccc1C)C(=O)OC. The number of hydrogen-bond donors (Lipinski definition) is 1. The van der Waals surface area contributed by atoms with Crippen LogP contribution in [-0.4, -0.2) is 38.4 Å². The molecule has 1 unspecified atom stereocenters. The van der Waals surface area contributed by atoms with Crippen LogP contribution in [0.1, 0.15) is 11.1 Å². The second kappa shape index (κ2) is 9.96. The molecule has 0 spiro atoms. The molecule has 1 aliphatic heterocycles. The van der Waals surface area contributed by atoms with Crippen molar-refractivity contribution < 1.29 is 37.4 Å². The van der Waals surface area contributed by atoms with Crippen LogP contribution in [0.5, 0.6) is 11.5 Å². The number of carbonyl (C=O) groups is 1. The first-order valence-corrected chi connectivity index (χ1v) is 9.95. The molecule has 1 atom stereocenters. The number of aryl methyl sites for hydroxylation is 1. The number of benzene rings is 2. The maximum Gasteiger partial charge on any atom is 0.448 e. The summed E-state index contributed by atoms with van der Waals surface area (Å²) in [5, 5.41) is 0. The number of carbonyl (C=O) groups excluding carboxylic acids is 1. The van der Waals surface area contributed by atoms with Crippen LogP contribution in [0.3, 0.4) is 0 Å². The summed E-state index contributed by atoms with van der Waals surface area (Å²) < 4.78 is 49.5. The zero-order valence-electron chi connectivity index (χ0n) is 17.2. The van der Waals surface area contributed by atoms with Crippen LogP contribution in [0.25, 0.3) is 0 Å². The van der Waals surface area contributed by atoms with Crippen molar-refractivity contribution >= 4 is 27.7 Å². The summed E-state index contributed by atoms with van der Waals surface area (Å²) in [6.45, 7) is 1.74. The molecule has 32 heavy (non-hydrogen) atoms. The summed E-state index contributed by atoms with van der Waals surface area (Å²) in [7, 11) is 2.55. The number of halogens is 3. The van der Waals surface area contributed by atoms with E-state index in [1.807, 2.05) is 0 Å². The normalized spacial score (nSPS) is 16.1. The van der Waals surface area contributed by atoms with Crippen LogP contribution >= 0.6 is 15.9 Å². The molecule has 1 heterocycles. The smallest absolute Gasteiger partial charge is 0.448 e. The fourth-order valence-corrected chi connectivity index (χ4v) is 2.97. The van der Waals surface area contributed by atoms with Crippen LogP contribution in [0, 0.1) is 6.92 Å². The number of esters is 1. The summed E-state index contributed by atoms with van der Waals surface area (Å²) in [6.07, 6.45) is -4.60. The number of ether oxygens (including phenoxy) is 4. The summed E-state index contributed by atoms with van der Waals surface area (Å²) in [6, 6.07) is 10.8. The van der Waals surface area contributed by atoms with Crippen molar-refractivity contribution in [3.05, 3.63) is 70.1 Å². The highest BCUT2D eigenvalue weighted by molar-refractivity contribution is 9.10. The third kappa shape index (κ3) is 5.54. The minimum Gasteiger partial charge on any atom is -0.500 e. The standard InChI is InChI=1S/C21H19BrF2N2O6/c1-12-7-8-13(9-16(12)30-17(11-28-2)19(27)29-3)18-25-20(32-26-18)21(23,24)31-15-6-4-5-14(22)10-15/h4-11,20H,1-3H3,(H,25,26)/b17-11-. The van der Waals surface area contributed by atoms with E-state index in [2.05, 4.69) is 31.1 Å². The van der Waals surface area contributed by atoms with E-state index >= 15 is 0 Å². The number of nitrogens with zero attached hydrogens (tertiary/aromatic N) is 1. The Balaban J connectivity index is 1.81. The van der Waals surface area contributed by atoms with Crippen molar-refractivity contribution in [2.45, 2.75) is 19.3 Å². The van der Waals surface area contributed by atoms with Gasteiger partial charge >= 0.3 is 12.1 Å². The lowest BCUT2D eigenvalue weighted by atomic mass is 10.1. The average Bonchev–Trinajstić information content (AvgIpc) is 3.25. The Kier molecular flexibility index (Phi) is 7.31. The van der Waals surface area contributed by atoms with Gasteiger partial charge in [-0.15, -0.1) is 0 Å². The van der Waals surface area contributed by atoms with Gasteiger partial charge in [-0.3, -0.25) is 0 Å². The summed E-state index contributed by atoms with van der Waals surface area (Å²) in [4.78, 5) is 20.7. The molecule has 2 aromatic carbocycles. The molecule has 0 saturated heterocycles. The topological polar surface area (TPSA) is 87.6 Å². The first kappa shape index (κ1) is 23.5. The molecular formula is C21H19BrF2N2O6. The van der Waals surface area contributed by atoms with E-state index in [1.165, 1.54) is 32.4 Å². The lowest BCUT2D eigenvalue weighted by Gasteiger charge is -2.20. The van der Waals surface area contributed by atoms with Gasteiger partial charge in [0.15, 0.2) is 5.84 Å². The second-order valence-corrected chi connectivity index (χ2v) is 7.38. The van der Waals surface area contributed by atoms with Crippen LogP contribution in [-0.2, 0) is 19.1 Å². The molecular weight excluding hydrogens is 494 g/mol. The fourth-order valence-electron chi connectivity index (χ4n) is 2.59. The fraction of sp³-hybridized carbons (Fsp3) is 0.238. The van der Waals surface area contributed by atoms with E-state index in [0.717, 1.165) is 6.26 Å². The Labute approximate surface area is 190 Å². The summed E-state index contributed by atoms with van der Waals surface area (Å²) in [5.74, 6) is -0.697. The van der Waals surface area contributed by atoms with Gasteiger partial charge in [-0.05, 0) is 36.8 Å². The van der Waals surface area contributed by atoms with Gasteiger partial charge in [0.1, 0.15) is 17.8 Å². The molecule has 0 radical (unpaired) electrons. The molecule has 170 valence electrons. The molecule has 0 aliphatic carbocycles. The molecule has 2 aromatic rings. The zero-order valence-corrected chi connectivity index (χ0v) is 18.8. The van der Waals surface area contributed by atoms with E-state index in [4.69, 9.17) is 19.0 Å².